The molecule has 174 valence electrons. The topological polar surface area (TPSA) is 96.8 Å². The molecule has 2 heterocycles. The Labute approximate surface area is 189 Å². The molecule has 1 atom stereocenters. The Morgan fingerprint density at radius 1 is 1.22 bits per heavy atom. The van der Waals surface area contributed by atoms with Gasteiger partial charge in [-0.2, -0.15) is 0 Å². The normalized spacial score (nSPS) is 15.2. The van der Waals surface area contributed by atoms with Gasteiger partial charge in [0.2, 0.25) is 5.88 Å². The average molecular weight is 443 g/mol. The SMILES string of the molecule is CCOc1ccc(Nc2cc(C(CC)CC(=O)O)ccc2N(CC)C2CCOCC2)nn1. The number of anilines is 3. The zero-order valence-corrected chi connectivity index (χ0v) is 19.2. The van der Waals surface area contributed by atoms with E-state index in [9.17, 15) is 9.90 Å². The first-order chi connectivity index (χ1) is 15.5. The zero-order chi connectivity index (χ0) is 22.9. The van der Waals surface area contributed by atoms with Gasteiger partial charge >= 0.3 is 5.97 Å². The molecular weight excluding hydrogens is 408 g/mol. The number of hydrogen-bond acceptors (Lipinski definition) is 7. The van der Waals surface area contributed by atoms with E-state index in [2.05, 4.69) is 45.5 Å². The van der Waals surface area contributed by atoms with Crippen molar-refractivity contribution in [3.05, 3.63) is 35.9 Å². The van der Waals surface area contributed by atoms with Crippen molar-refractivity contribution in [2.75, 3.05) is 36.6 Å². The number of benzene rings is 1. The Bertz CT molecular complexity index is 869. The van der Waals surface area contributed by atoms with Crippen molar-refractivity contribution in [1.29, 1.82) is 0 Å². The fourth-order valence-electron chi connectivity index (χ4n) is 4.24. The molecule has 0 radical (unpaired) electrons. The van der Waals surface area contributed by atoms with Crippen molar-refractivity contribution in [2.24, 2.45) is 0 Å². The number of nitrogens with zero attached hydrogens (tertiary/aromatic N) is 3. The van der Waals surface area contributed by atoms with Gasteiger partial charge in [-0.1, -0.05) is 13.0 Å². The number of nitrogens with one attached hydrogen (secondary N) is 1. The molecule has 1 aliphatic rings. The molecule has 8 nitrogen and oxygen atoms in total. The van der Waals surface area contributed by atoms with Gasteiger partial charge in [0.25, 0.3) is 0 Å². The molecule has 8 heteroatoms. The van der Waals surface area contributed by atoms with Crippen molar-refractivity contribution in [1.82, 2.24) is 10.2 Å². The lowest BCUT2D eigenvalue weighted by atomic mass is 9.92. The minimum atomic E-state index is -0.787. The highest BCUT2D eigenvalue weighted by Crippen LogP contribution is 2.36. The molecule has 0 amide bonds. The van der Waals surface area contributed by atoms with Crippen LogP contribution in [0.5, 0.6) is 5.88 Å². The quantitative estimate of drug-likeness (QED) is 0.521. The van der Waals surface area contributed by atoms with Crippen molar-refractivity contribution >= 4 is 23.2 Å². The van der Waals surface area contributed by atoms with Gasteiger partial charge in [0, 0.05) is 31.9 Å². The van der Waals surface area contributed by atoms with Crippen LogP contribution in [0.25, 0.3) is 0 Å². The molecule has 2 N–H and O–H groups in total. The molecule has 1 fully saturated rings. The number of carboxylic acids is 1. The lowest BCUT2D eigenvalue weighted by molar-refractivity contribution is -0.137. The molecule has 0 spiro atoms. The summed E-state index contributed by atoms with van der Waals surface area (Å²) in [6, 6.07) is 10.2. The second-order valence-corrected chi connectivity index (χ2v) is 7.92. The maximum absolute atomic E-state index is 11.4. The lowest BCUT2D eigenvalue weighted by Crippen LogP contribution is -2.39. The summed E-state index contributed by atoms with van der Waals surface area (Å²) in [5.74, 6) is 0.259. The predicted octanol–water partition coefficient (Wildman–Crippen LogP) is 4.59. The number of rotatable bonds is 11. The maximum atomic E-state index is 11.4. The molecule has 32 heavy (non-hydrogen) atoms. The predicted molar refractivity (Wildman–Crippen MR) is 125 cm³/mol. The first-order valence-corrected chi connectivity index (χ1v) is 11.5. The monoisotopic (exact) mass is 442 g/mol. The molecule has 1 saturated heterocycles. The smallest absolute Gasteiger partial charge is 0.303 e. The summed E-state index contributed by atoms with van der Waals surface area (Å²) < 4.78 is 11.0. The largest absolute Gasteiger partial charge is 0.481 e. The summed E-state index contributed by atoms with van der Waals surface area (Å²) in [6.07, 6.45) is 2.82. The van der Waals surface area contributed by atoms with E-state index in [1.165, 1.54) is 0 Å². The van der Waals surface area contributed by atoms with Crippen molar-refractivity contribution < 1.29 is 19.4 Å². The van der Waals surface area contributed by atoms with Gasteiger partial charge in [-0.3, -0.25) is 4.79 Å². The average Bonchev–Trinajstić information content (AvgIpc) is 2.81. The number of hydrogen-bond donors (Lipinski definition) is 2. The van der Waals surface area contributed by atoms with Crippen LogP contribution in [-0.4, -0.2) is 53.7 Å². The minimum Gasteiger partial charge on any atom is -0.481 e. The molecule has 0 saturated carbocycles. The number of carboxylic acid groups (broad SMARTS) is 1. The van der Waals surface area contributed by atoms with E-state index in [1.54, 1.807) is 6.07 Å². The maximum Gasteiger partial charge on any atom is 0.303 e. The van der Waals surface area contributed by atoms with E-state index >= 15 is 0 Å². The van der Waals surface area contributed by atoms with Crippen LogP contribution in [0, 0.1) is 0 Å². The van der Waals surface area contributed by atoms with Crippen LogP contribution in [-0.2, 0) is 9.53 Å². The lowest BCUT2D eigenvalue weighted by Gasteiger charge is -2.36. The Hall–Kier alpha value is -2.87. The van der Waals surface area contributed by atoms with Crippen LogP contribution in [0.2, 0.25) is 0 Å². The van der Waals surface area contributed by atoms with Gasteiger partial charge in [0.05, 0.1) is 24.4 Å². The second-order valence-electron chi connectivity index (χ2n) is 7.92. The van der Waals surface area contributed by atoms with Gasteiger partial charge in [-0.15, -0.1) is 10.2 Å². The molecule has 3 rings (SSSR count). The third-order valence-corrected chi connectivity index (χ3v) is 5.88. The number of aromatic nitrogens is 2. The van der Waals surface area contributed by atoms with E-state index in [4.69, 9.17) is 9.47 Å². The molecule has 1 aromatic carbocycles. The van der Waals surface area contributed by atoms with E-state index in [0.29, 0.717) is 24.3 Å². The highest BCUT2D eigenvalue weighted by atomic mass is 16.5. The molecule has 1 aromatic heterocycles. The highest BCUT2D eigenvalue weighted by Gasteiger charge is 2.24. The zero-order valence-electron chi connectivity index (χ0n) is 19.2. The molecule has 0 aliphatic carbocycles. The van der Waals surface area contributed by atoms with Gasteiger partial charge in [-0.25, -0.2) is 0 Å². The van der Waals surface area contributed by atoms with E-state index < -0.39 is 5.97 Å². The molecular formula is C24H34N4O4. The van der Waals surface area contributed by atoms with Crippen LogP contribution < -0.4 is 15.0 Å². The van der Waals surface area contributed by atoms with Crippen LogP contribution in [0.4, 0.5) is 17.2 Å². The summed E-state index contributed by atoms with van der Waals surface area (Å²) >= 11 is 0. The standard InChI is InChI=1S/C24H34N4O4/c1-4-17(16-24(29)30)18-7-8-21(28(5-2)19-11-13-31-14-12-19)20(15-18)25-22-9-10-23(27-26-22)32-6-3/h7-10,15,17,19H,4-6,11-14,16H2,1-3H3,(H,25,26)(H,29,30). The van der Waals surface area contributed by atoms with Gasteiger partial charge in [0.15, 0.2) is 5.82 Å². The van der Waals surface area contributed by atoms with Crippen molar-refractivity contribution in [3.8, 4) is 5.88 Å². The minimum absolute atomic E-state index is 0.0494. The van der Waals surface area contributed by atoms with Crippen LogP contribution in [0.3, 0.4) is 0 Å². The summed E-state index contributed by atoms with van der Waals surface area (Å²) in [7, 11) is 0. The molecule has 0 bridgehead atoms. The first kappa shape index (κ1) is 23.8. The van der Waals surface area contributed by atoms with E-state index in [1.807, 2.05) is 19.9 Å². The molecule has 2 aromatic rings. The molecule has 1 unspecified atom stereocenters. The number of ether oxygens (including phenoxy) is 2. The van der Waals surface area contributed by atoms with Crippen LogP contribution in [0.1, 0.15) is 57.9 Å². The Kier molecular flexibility index (Phi) is 8.67. The Morgan fingerprint density at radius 3 is 2.59 bits per heavy atom. The number of aliphatic carboxylic acids is 1. The Morgan fingerprint density at radius 2 is 2.00 bits per heavy atom. The van der Waals surface area contributed by atoms with E-state index in [0.717, 1.165) is 56.0 Å². The fraction of sp³-hybridized carbons (Fsp3) is 0.542. The highest BCUT2D eigenvalue weighted by molar-refractivity contribution is 5.76. The first-order valence-electron chi connectivity index (χ1n) is 11.5. The molecule has 1 aliphatic heterocycles. The van der Waals surface area contributed by atoms with Crippen molar-refractivity contribution in [2.45, 2.75) is 58.4 Å². The third kappa shape index (κ3) is 6.09. The van der Waals surface area contributed by atoms with E-state index in [-0.39, 0.29) is 12.3 Å². The Balaban J connectivity index is 1.96. The van der Waals surface area contributed by atoms with Crippen LogP contribution >= 0.6 is 0 Å². The fourth-order valence-corrected chi connectivity index (χ4v) is 4.24. The summed E-state index contributed by atoms with van der Waals surface area (Å²) in [6.45, 7) is 9.01. The van der Waals surface area contributed by atoms with Gasteiger partial charge < -0.3 is 24.8 Å². The van der Waals surface area contributed by atoms with Crippen molar-refractivity contribution in [3.63, 3.8) is 0 Å². The second kappa shape index (κ2) is 11.7. The van der Waals surface area contributed by atoms with Gasteiger partial charge in [0.1, 0.15) is 0 Å². The summed E-state index contributed by atoms with van der Waals surface area (Å²) in [5, 5.41) is 21.1. The summed E-state index contributed by atoms with van der Waals surface area (Å²) in [4.78, 5) is 13.8. The summed E-state index contributed by atoms with van der Waals surface area (Å²) in [5.41, 5.74) is 2.98. The third-order valence-electron chi connectivity index (χ3n) is 5.88. The van der Waals surface area contributed by atoms with Crippen LogP contribution in [0.15, 0.2) is 30.3 Å². The van der Waals surface area contributed by atoms with Gasteiger partial charge in [-0.05, 0) is 62.8 Å². The number of carbonyl (C=O) groups is 1.